The van der Waals surface area contributed by atoms with Crippen LogP contribution in [0, 0.1) is 23.2 Å². The summed E-state index contributed by atoms with van der Waals surface area (Å²) in [7, 11) is 0. The molecule has 0 spiro atoms. The molecule has 0 aromatic rings. The fourth-order valence-corrected chi connectivity index (χ4v) is 6.97. The molecule has 0 aliphatic heterocycles. The fourth-order valence-electron chi connectivity index (χ4n) is 6.97. The van der Waals surface area contributed by atoms with Gasteiger partial charge < -0.3 is 20.4 Å². The molecular formula is C27H44O4. The number of allylic oxidation sites excluding steroid dienone is 3. The van der Waals surface area contributed by atoms with Gasteiger partial charge in [-0.1, -0.05) is 45.1 Å². The Morgan fingerprint density at radius 1 is 1.23 bits per heavy atom. The molecule has 3 fully saturated rings. The van der Waals surface area contributed by atoms with Crippen molar-refractivity contribution in [2.24, 2.45) is 23.2 Å². The van der Waals surface area contributed by atoms with Crippen molar-refractivity contribution >= 4 is 0 Å². The van der Waals surface area contributed by atoms with Crippen LogP contribution in [0.15, 0.2) is 35.5 Å². The van der Waals surface area contributed by atoms with Crippen molar-refractivity contribution < 1.29 is 20.4 Å². The maximum absolute atomic E-state index is 11.5. The molecule has 0 aromatic heterocycles. The highest BCUT2D eigenvalue weighted by Crippen LogP contribution is 2.60. The van der Waals surface area contributed by atoms with Crippen molar-refractivity contribution in [1.82, 2.24) is 0 Å². The fraction of sp³-hybridized carbons (Fsp3) is 0.778. The lowest BCUT2D eigenvalue weighted by molar-refractivity contribution is -0.0867. The van der Waals surface area contributed by atoms with Gasteiger partial charge in [-0.05, 0) is 86.2 Å². The second-order valence-corrected chi connectivity index (χ2v) is 11.5. The van der Waals surface area contributed by atoms with Crippen molar-refractivity contribution in [3.05, 3.63) is 35.5 Å². The Hall–Kier alpha value is -0.940. The maximum Gasteiger partial charge on any atom is 0.0811 e. The predicted molar refractivity (Wildman–Crippen MR) is 125 cm³/mol. The molecule has 3 aliphatic carbocycles. The van der Waals surface area contributed by atoms with Gasteiger partial charge in [-0.15, -0.1) is 0 Å². The Balaban J connectivity index is 1.78. The number of aliphatic hydroxyl groups excluding tert-OH is 3. The summed E-state index contributed by atoms with van der Waals surface area (Å²) in [5.41, 5.74) is 2.26. The molecular weight excluding hydrogens is 388 g/mol. The number of aliphatic hydroxyl groups is 4. The number of rotatable bonds is 6. The Kier molecular flexibility index (Phi) is 7.57. The molecule has 0 radical (unpaired) electrons. The van der Waals surface area contributed by atoms with Crippen LogP contribution < -0.4 is 0 Å². The van der Waals surface area contributed by atoms with Crippen molar-refractivity contribution in [2.75, 3.05) is 0 Å². The largest absolute Gasteiger partial charge is 0.393 e. The third-order valence-corrected chi connectivity index (χ3v) is 8.37. The van der Waals surface area contributed by atoms with Crippen LogP contribution in [-0.4, -0.2) is 44.3 Å². The third-order valence-electron chi connectivity index (χ3n) is 8.37. The number of hydrogen-bond acceptors (Lipinski definition) is 4. The van der Waals surface area contributed by atoms with Gasteiger partial charge in [0.2, 0.25) is 0 Å². The van der Waals surface area contributed by atoms with Gasteiger partial charge in [0.1, 0.15) is 0 Å². The lowest BCUT2D eigenvalue weighted by Crippen LogP contribution is -2.47. The van der Waals surface area contributed by atoms with Gasteiger partial charge >= 0.3 is 0 Å². The van der Waals surface area contributed by atoms with Crippen LogP contribution in [0.5, 0.6) is 0 Å². The molecule has 176 valence electrons. The summed E-state index contributed by atoms with van der Waals surface area (Å²) in [4.78, 5) is 0. The first-order valence-corrected chi connectivity index (χ1v) is 12.3. The number of fused-ring (bicyclic) bond motifs is 1. The average molecular weight is 433 g/mol. The van der Waals surface area contributed by atoms with Crippen LogP contribution in [-0.2, 0) is 0 Å². The lowest BCUT2D eigenvalue weighted by atomic mass is 9.59. The molecule has 4 nitrogen and oxygen atoms in total. The van der Waals surface area contributed by atoms with E-state index in [0.29, 0.717) is 31.1 Å². The van der Waals surface area contributed by atoms with E-state index in [4.69, 9.17) is 0 Å². The number of hydrogen-bond donors (Lipinski definition) is 4. The van der Waals surface area contributed by atoms with Crippen molar-refractivity contribution in [2.45, 2.75) is 109 Å². The second-order valence-electron chi connectivity index (χ2n) is 11.5. The molecule has 0 saturated heterocycles. The van der Waals surface area contributed by atoms with E-state index in [9.17, 15) is 20.4 Å². The predicted octanol–water partition coefficient (Wildman–Crippen LogP) is 4.68. The van der Waals surface area contributed by atoms with E-state index >= 15 is 0 Å². The van der Waals surface area contributed by atoms with Crippen LogP contribution in [0.1, 0.15) is 85.5 Å². The summed E-state index contributed by atoms with van der Waals surface area (Å²) < 4.78 is 0. The lowest BCUT2D eigenvalue weighted by Gasteiger charge is -2.47. The molecule has 31 heavy (non-hydrogen) atoms. The van der Waals surface area contributed by atoms with Gasteiger partial charge in [-0.25, -0.2) is 0 Å². The monoisotopic (exact) mass is 432 g/mol. The van der Waals surface area contributed by atoms with E-state index in [1.54, 1.807) is 0 Å². The van der Waals surface area contributed by atoms with Gasteiger partial charge in [0.05, 0.1) is 23.9 Å². The van der Waals surface area contributed by atoms with Gasteiger partial charge in [0, 0.05) is 12.8 Å². The zero-order valence-corrected chi connectivity index (χ0v) is 20.0. The van der Waals surface area contributed by atoms with Crippen molar-refractivity contribution in [3.63, 3.8) is 0 Å². The molecule has 3 saturated carbocycles. The van der Waals surface area contributed by atoms with Crippen molar-refractivity contribution in [1.29, 1.82) is 0 Å². The van der Waals surface area contributed by atoms with Gasteiger partial charge in [0.25, 0.3) is 0 Å². The van der Waals surface area contributed by atoms with Crippen LogP contribution in [0.4, 0.5) is 0 Å². The first-order valence-electron chi connectivity index (χ1n) is 12.3. The van der Waals surface area contributed by atoms with E-state index in [0.717, 1.165) is 49.7 Å². The van der Waals surface area contributed by atoms with Gasteiger partial charge in [-0.2, -0.15) is 0 Å². The summed E-state index contributed by atoms with van der Waals surface area (Å²) in [6, 6.07) is 0. The molecule has 7 atom stereocenters. The molecule has 0 amide bonds. The van der Waals surface area contributed by atoms with E-state index in [2.05, 4.69) is 39.5 Å². The molecule has 4 N–H and O–H groups in total. The Morgan fingerprint density at radius 2 is 1.94 bits per heavy atom. The second kappa shape index (κ2) is 9.51. The highest BCUT2D eigenvalue weighted by atomic mass is 16.3. The van der Waals surface area contributed by atoms with Crippen LogP contribution in [0.3, 0.4) is 0 Å². The quantitative estimate of drug-likeness (QED) is 0.491. The van der Waals surface area contributed by atoms with Crippen molar-refractivity contribution in [3.8, 4) is 0 Å². The third kappa shape index (κ3) is 5.35. The summed E-state index contributed by atoms with van der Waals surface area (Å²) >= 11 is 0. The van der Waals surface area contributed by atoms with E-state index in [-0.39, 0.29) is 11.3 Å². The Bertz CT molecular complexity index is 719. The van der Waals surface area contributed by atoms with Crippen LogP contribution >= 0.6 is 0 Å². The maximum atomic E-state index is 11.5. The molecule has 1 unspecified atom stereocenters. The normalized spacial score (nSPS) is 39.7. The summed E-state index contributed by atoms with van der Waals surface area (Å²) in [6.45, 7) is 12.5. The zero-order chi connectivity index (χ0) is 23.0. The topological polar surface area (TPSA) is 80.9 Å². The smallest absolute Gasteiger partial charge is 0.0811 e. The van der Waals surface area contributed by atoms with Crippen LogP contribution in [0.2, 0.25) is 0 Å². The Morgan fingerprint density at radius 3 is 2.61 bits per heavy atom. The summed E-state index contributed by atoms with van der Waals surface area (Å²) in [5.74, 6) is 1.03. The van der Waals surface area contributed by atoms with E-state index < -0.39 is 23.9 Å². The van der Waals surface area contributed by atoms with Gasteiger partial charge in [0.15, 0.2) is 0 Å². The summed E-state index contributed by atoms with van der Waals surface area (Å²) in [6.07, 6.45) is 10.1. The SMILES string of the molecule is C=C1/C(=C\C=C2/CCC[C@@]3(C)[C@H]2CC[C@@H]3[C@@](C)(O)CC(O)CC(C)C)C[C@@H](O)C[C@@H]1O. The molecule has 3 rings (SSSR count). The molecule has 3 aliphatic rings. The zero-order valence-electron chi connectivity index (χ0n) is 20.0. The minimum absolute atomic E-state index is 0.0340. The highest BCUT2D eigenvalue weighted by Gasteiger charge is 2.55. The first kappa shape index (κ1) is 24.7. The molecule has 0 aromatic carbocycles. The molecule has 0 bridgehead atoms. The minimum Gasteiger partial charge on any atom is -0.393 e. The first-order chi connectivity index (χ1) is 14.4. The Labute approximate surface area is 188 Å². The van der Waals surface area contributed by atoms with Crippen LogP contribution in [0.25, 0.3) is 0 Å². The average Bonchev–Trinajstić information content (AvgIpc) is 3.00. The highest BCUT2D eigenvalue weighted by molar-refractivity contribution is 5.38. The molecule has 0 heterocycles. The molecule has 4 heteroatoms. The van der Waals surface area contributed by atoms with E-state index in [1.165, 1.54) is 5.57 Å². The van der Waals surface area contributed by atoms with E-state index in [1.807, 2.05) is 6.92 Å². The summed E-state index contributed by atoms with van der Waals surface area (Å²) in [5, 5.41) is 42.1. The van der Waals surface area contributed by atoms with Gasteiger partial charge in [-0.3, -0.25) is 0 Å². The standard InChI is InChI=1S/C27H44O4/c1-17(2)13-22(29)16-27(5,31)25-11-10-23-19(7-6-12-26(23,25)4)8-9-20-14-21(28)15-24(30)18(20)3/h8-9,17,21-25,28-31H,3,6-7,10-16H2,1-2,4-5H3/b19-8+,20-9-/t21-,22?,23+,24+,25+,26+,27+/m1/s1. The minimum atomic E-state index is -0.870.